The third-order valence-electron chi connectivity index (χ3n) is 3.30. The van der Waals surface area contributed by atoms with Crippen LogP contribution in [-0.4, -0.2) is 24.3 Å². The van der Waals surface area contributed by atoms with Gasteiger partial charge >= 0.3 is 0 Å². The first-order valence-corrected chi connectivity index (χ1v) is 9.13. The third-order valence-corrected chi connectivity index (χ3v) is 5.37. The van der Waals surface area contributed by atoms with Crippen molar-refractivity contribution in [1.82, 2.24) is 14.7 Å². The number of fused-ring (bicyclic) bond motifs is 1. The summed E-state index contributed by atoms with van der Waals surface area (Å²) in [5, 5.41) is 0.316. The number of nitrogens with zero attached hydrogens (tertiary/aromatic N) is 1. The Labute approximate surface area is 155 Å². The summed E-state index contributed by atoms with van der Waals surface area (Å²) in [5.41, 5.74) is -1.23. The van der Waals surface area contributed by atoms with E-state index < -0.39 is 33.0 Å². The predicted octanol–water partition coefficient (Wildman–Crippen LogP) is 2.49. The molecule has 0 radical (unpaired) electrons. The number of halogens is 3. The van der Waals surface area contributed by atoms with Crippen molar-refractivity contribution >= 4 is 50.2 Å². The van der Waals surface area contributed by atoms with Crippen LogP contribution >= 0.6 is 23.2 Å². The molecule has 0 bridgehead atoms. The molecule has 0 fully saturated rings. The number of hydrogen-bond acceptors (Lipinski definition) is 5. The Bertz CT molecular complexity index is 1190. The van der Waals surface area contributed by atoms with Gasteiger partial charge in [0.1, 0.15) is 5.82 Å². The van der Waals surface area contributed by atoms with E-state index in [9.17, 15) is 22.4 Å². The smallest absolute Gasteiger partial charge is 0.289 e. The number of carbonyl (C=O) groups excluding carboxylic acids is 1. The van der Waals surface area contributed by atoms with Crippen LogP contribution in [0.15, 0.2) is 46.1 Å². The Morgan fingerprint density at radius 2 is 1.73 bits per heavy atom. The minimum absolute atomic E-state index is 0.142. The first-order chi connectivity index (χ1) is 12.2. The number of hydrogen-bond donors (Lipinski definition) is 2. The summed E-state index contributed by atoms with van der Waals surface area (Å²) in [6.45, 7) is 0. The van der Waals surface area contributed by atoms with Gasteiger partial charge in [0.25, 0.3) is 21.5 Å². The lowest BCUT2D eigenvalue weighted by atomic mass is 10.3. The van der Waals surface area contributed by atoms with Crippen LogP contribution in [0.3, 0.4) is 0 Å². The van der Waals surface area contributed by atoms with Crippen molar-refractivity contribution < 1.29 is 17.6 Å². The number of sulfonamides is 1. The lowest BCUT2D eigenvalue weighted by Gasteiger charge is -2.07. The van der Waals surface area contributed by atoms with Gasteiger partial charge in [-0.2, -0.15) is 0 Å². The number of H-pyrrole nitrogens is 1. The molecule has 1 aromatic heterocycles. The summed E-state index contributed by atoms with van der Waals surface area (Å²) in [4.78, 5) is 30.1. The molecule has 1 amide bonds. The molecular formula is C15H8Cl2FN3O4S. The van der Waals surface area contributed by atoms with E-state index in [0.717, 1.165) is 24.3 Å². The van der Waals surface area contributed by atoms with E-state index in [2.05, 4.69) is 9.97 Å². The van der Waals surface area contributed by atoms with Gasteiger partial charge in [-0.25, -0.2) is 22.5 Å². The van der Waals surface area contributed by atoms with Gasteiger partial charge in [0.2, 0.25) is 0 Å². The number of rotatable bonds is 3. The van der Waals surface area contributed by atoms with Crippen molar-refractivity contribution in [3.63, 3.8) is 0 Å². The molecule has 3 rings (SSSR count). The Morgan fingerprint density at radius 3 is 2.38 bits per heavy atom. The molecule has 7 nitrogen and oxygen atoms in total. The Balaban J connectivity index is 1.99. The standard InChI is InChI=1S/C15H8Cl2FN3O4S/c16-9-5-11-12(6-10(9)17)20-14(22)13(19-11)15(23)21-26(24,25)8-3-1-7(18)2-4-8/h1-6H,(H,20,22)(H,21,23). The molecule has 0 unspecified atom stereocenters. The van der Waals surface area contributed by atoms with E-state index in [1.807, 2.05) is 0 Å². The van der Waals surface area contributed by atoms with Crippen LogP contribution in [0.5, 0.6) is 0 Å². The molecule has 0 saturated heterocycles. The monoisotopic (exact) mass is 415 g/mol. The lowest BCUT2D eigenvalue weighted by Crippen LogP contribution is -2.35. The fourth-order valence-corrected chi connectivity index (χ4v) is 3.35. The lowest BCUT2D eigenvalue weighted by molar-refractivity contribution is 0.0975. The molecule has 0 atom stereocenters. The first-order valence-electron chi connectivity index (χ1n) is 6.89. The molecule has 1 heterocycles. The number of amides is 1. The van der Waals surface area contributed by atoms with Gasteiger partial charge in [-0.05, 0) is 36.4 Å². The SMILES string of the molecule is O=C(NS(=O)(=O)c1ccc(F)cc1)c1nc2cc(Cl)c(Cl)cc2[nH]c1=O. The fourth-order valence-electron chi connectivity index (χ4n) is 2.08. The number of nitrogens with one attached hydrogen (secondary N) is 2. The zero-order valence-electron chi connectivity index (χ0n) is 12.6. The Morgan fingerprint density at radius 1 is 1.12 bits per heavy atom. The van der Waals surface area contributed by atoms with Crippen LogP contribution in [0, 0.1) is 5.82 Å². The summed E-state index contributed by atoms with van der Waals surface area (Å²) in [6.07, 6.45) is 0. The van der Waals surface area contributed by atoms with E-state index in [4.69, 9.17) is 23.2 Å². The van der Waals surface area contributed by atoms with Gasteiger partial charge in [-0.15, -0.1) is 0 Å². The average Bonchev–Trinajstić information content (AvgIpc) is 2.56. The molecule has 0 aliphatic heterocycles. The first kappa shape index (κ1) is 18.3. The minimum atomic E-state index is -4.32. The van der Waals surface area contributed by atoms with Crippen LogP contribution in [0.4, 0.5) is 4.39 Å². The zero-order valence-corrected chi connectivity index (χ0v) is 14.9. The zero-order chi connectivity index (χ0) is 19.1. The van der Waals surface area contributed by atoms with Crippen LogP contribution in [-0.2, 0) is 10.0 Å². The molecule has 3 aromatic rings. The van der Waals surface area contributed by atoms with Crippen molar-refractivity contribution in [3.8, 4) is 0 Å². The summed E-state index contributed by atoms with van der Waals surface area (Å²) in [5.74, 6) is -1.89. The number of carbonyl (C=O) groups is 1. The number of benzene rings is 2. The highest BCUT2D eigenvalue weighted by atomic mass is 35.5. The second-order valence-corrected chi connectivity index (χ2v) is 7.58. The second-order valence-electron chi connectivity index (χ2n) is 5.09. The fraction of sp³-hybridized carbons (Fsp3) is 0. The topological polar surface area (TPSA) is 109 Å². The molecule has 26 heavy (non-hydrogen) atoms. The van der Waals surface area contributed by atoms with Gasteiger partial charge in [-0.1, -0.05) is 23.2 Å². The maximum Gasteiger partial charge on any atom is 0.289 e. The van der Waals surface area contributed by atoms with Crippen molar-refractivity contribution in [2.24, 2.45) is 0 Å². The normalized spacial score (nSPS) is 11.5. The quantitative estimate of drug-likeness (QED) is 0.682. The molecule has 2 N–H and O–H groups in total. The minimum Gasteiger partial charge on any atom is -0.319 e. The highest BCUT2D eigenvalue weighted by Gasteiger charge is 2.22. The molecule has 134 valence electrons. The van der Waals surface area contributed by atoms with Gasteiger partial charge in [0.15, 0.2) is 5.69 Å². The Hall–Kier alpha value is -2.49. The van der Waals surface area contributed by atoms with Crippen molar-refractivity contribution in [2.45, 2.75) is 4.90 Å². The largest absolute Gasteiger partial charge is 0.319 e. The van der Waals surface area contributed by atoms with Crippen molar-refractivity contribution in [2.75, 3.05) is 0 Å². The predicted molar refractivity (Wildman–Crippen MR) is 93.4 cm³/mol. The van der Waals surface area contributed by atoms with E-state index in [0.29, 0.717) is 0 Å². The van der Waals surface area contributed by atoms with E-state index in [-0.39, 0.29) is 26.0 Å². The summed E-state index contributed by atoms with van der Waals surface area (Å²) >= 11 is 11.7. The molecule has 11 heteroatoms. The highest BCUT2D eigenvalue weighted by Crippen LogP contribution is 2.25. The number of aromatic amines is 1. The van der Waals surface area contributed by atoms with Crippen LogP contribution in [0.2, 0.25) is 10.0 Å². The molecule has 0 aliphatic carbocycles. The average molecular weight is 416 g/mol. The summed E-state index contributed by atoms with van der Waals surface area (Å²) < 4.78 is 39.0. The molecule has 0 spiro atoms. The van der Waals surface area contributed by atoms with Gasteiger partial charge in [0, 0.05) is 0 Å². The van der Waals surface area contributed by atoms with Gasteiger partial charge < -0.3 is 4.98 Å². The van der Waals surface area contributed by atoms with Crippen molar-refractivity contribution in [3.05, 3.63) is 68.3 Å². The molecule has 2 aromatic carbocycles. The van der Waals surface area contributed by atoms with Gasteiger partial charge in [0.05, 0.1) is 26.0 Å². The number of aromatic nitrogens is 2. The maximum atomic E-state index is 12.9. The molecule has 0 aliphatic rings. The summed E-state index contributed by atoms with van der Waals surface area (Å²) in [6, 6.07) is 6.47. The van der Waals surface area contributed by atoms with E-state index in [1.54, 1.807) is 4.72 Å². The maximum absolute atomic E-state index is 12.9. The third kappa shape index (κ3) is 3.55. The molecular weight excluding hydrogens is 408 g/mol. The van der Waals surface area contributed by atoms with Crippen molar-refractivity contribution in [1.29, 1.82) is 0 Å². The molecule has 0 saturated carbocycles. The van der Waals surface area contributed by atoms with Crippen LogP contribution in [0.1, 0.15) is 10.5 Å². The highest BCUT2D eigenvalue weighted by molar-refractivity contribution is 7.90. The van der Waals surface area contributed by atoms with Gasteiger partial charge in [-0.3, -0.25) is 9.59 Å². The van der Waals surface area contributed by atoms with E-state index >= 15 is 0 Å². The van der Waals surface area contributed by atoms with E-state index in [1.165, 1.54) is 12.1 Å². The van der Waals surface area contributed by atoms with Crippen LogP contribution in [0.25, 0.3) is 11.0 Å². The Kier molecular flexibility index (Phi) is 4.70. The summed E-state index contributed by atoms with van der Waals surface area (Å²) in [7, 11) is -4.32. The van der Waals surface area contributed by atoms with Crippen LogP contribution < -0.4 is 10.3 Å². The second kappa shape index (κ2) is 6.67.